The molecule has 0 unspecified atom stereocenters. The molecule has 2 amide bonds. The number of amides is 2. The van der Waals surface area contributed by atoms with Gasteiger partial charge in [-0.25, -0.2) is 8.42 Å². The number of nitrogens with zero attached hydrogens (tertiary/aromatic N) is 2. The number of methoxy groups -OCH3 is 1. The fourth-order valence-corrected chi connectivity index (χ4v) is 5.35. The predicted octanol–water partition coefficient (Wildman–Crippen LogP) is 4.41. The number of anilines is 1. The van der Waals surface area contributed by atoms with Crippen molar-refractivity contribution in [2.45, 2.75) is 38.3 Å². The van der Waals surface area contributed by atoms with Gasteiger partial charge in [-0.2, -0.15) is 0 Å². The normalized spacial score (nSPS) is 11.9. The number of carbonyl (C=O) groups excluding carboxylic acids is 2. The molecule has 38 heavy (non-hydrogen) atoms. The smallest absolute Gasteiger partial charge is 0.264 e. The van der Waals surface area contributed by atoms with Gasteiger partial charge in [0.2, 0.25) is 11.8 Å². The maximum absolute atomic E-state index is 13.8. The predicted molar refractivity (Wildman–Crippen MR) is 149 cm³/mol. The molecular weight excluding hydrogens is 526 g/mol. The Morgan fingerprint density at radius 3 is 2.13 bits per heavy atom. The van der Waals surface area contributed by atoms with Gasteiger partial charge in [-0.05, 0) is 74.9 Å². The Hall–Kier alpha value is -3.56. The van der Waals surface area contributed by atoms with Crippen LogP contribution in [0.4, 0.5) is 5.69 Å². The molecule has 0 heterocycles. The number of halogens is 1. The lowest BCUT2D eigenvalue weighted by Crippen LogP contribution is -2.51. The average Bonchev–Trinajstić information content (AvgIpc) is 2.91. The van der Waals surface area contributed by atoms with Crippen molar-refractivity contribution in [3.63, 3.8) is 0 Å². The van der Waals surface area contributed by atoms with Gasteiger partial charge in [-0.15, -0.1) is 0 Å². The minimum absolute atomic E-state index is 0.00578. The molecule has 0 radical (unpaired) electrons. The Bertz CT molecular complexity index is 1340. The van der Waals surface area contributed by atoms with Crippen LogP contribution in [0.5, 0.6) is 5.75 Å². The summed E-state index contributed by atoms with van der Waals surface area (Å²) < 4.78 is 33.8. The zero-order chi connectivity index (χ0) is 27.9. The molecule has 0 aromatic heterocycles. The fourth-order valence-electron chi connectivity index (χ4n) is 3.81. The van der Waals surface area contributed by atoms with E-state index in [1.54, 1.807) is 69.5 Å². The Morgan fingerprint density at radius 1 is 0.974 bits per heavy atom. The second kappa shape index (κ2) is 12.8. The van der Waals surface area contributed by atoms with E-state index in [9.17, 15) is 18.0 Å². The van der Waals surface area contributed by atoms with Crippen molar-refractivity contribution in [1.82, 2.24) is 10.2 Å². The van der Waals surface area contributed by atoms with Gasteiger partial charge >= 0.3 is 0 Å². The number of hydrogen-bond donors (Lipinski definition) is 1. The summed E-state index contributed by atoms with van der Waals surface area (Å²) in [6, 6.07) is 18.9. The van der Waals surface area contributed by atoms with Gasteiger partial charge < -0.3 is 15.0 Å². The molecule has 3 rings (SSSR count). The van der Waals surface area contributed by atoms with Crippen molar-refractivity contribution in [1.29, 1.82) is 0 Å². The fraction of sp³-hybridized carbons (Fsp3) is 0.286. The molecule has 10 heteroatoms. The highest BCUT2D eigenvalue weighted by Crippen LogP contribution is 2.26. The first-order valence-corrected chi connectivity index (χ1v) is 13.9. The van der Waals surface area contributed by atoms with E-state index < -0.39 is 28.5 Å². The molecule has 0 aliphatic rings. The Morgan fingerprint density at radius 2 is 1.58 bits per heavy atom. The highest BCUT2D eigenvalue weighted by atomic mass is 35.5. The van der Waals surface area contributed by atoms with Gasteiger partial charge in [-0.1, -0.05) is 41.4 Å². The Balaban J connectivity index is 2.01. The largest absolute Gasteiger partial charge is 0.497 e. The maximum atomic E-state index is 13.8. The molecule has 8 nitrogen and oxygen atoms in total. The van der Waals surface area contributed by atoms with Crippen LogP contribution in [-0.4, -0.2) is 51.4 Å². The number of aryl methyl sites for hydroxylation is 1. The van der Waals surface area contributed by atoms with E-state index in [0.29, 0.717) is 23.0 Å². The van der Waals surface area contributed by atoms with E-state index in [0.717, 1.165) is 15.4 Å². The van der Waals surface area contributed by atoms with Crippen molar-refractivity contribution in [2.24, 2.45) is 0 Å². The molecule has 0 aliphatic heterocycles. The van der Waals surface area contributed by atoms with E-state index >= 15 is 0 Å². The molecule has 1 atom stereocenters. The summed E-state index contributed by atoms with van der Waals surface area (Å²) in [5.74, 6) is -0.211. The van der Waals surface area contributed by atoms with Gasteiger partial charge in [0, 0.05) is 18.1 Å². The molecule has 202 valence electrons. The van der Waals surface area contributed by atoms with Crippen LogP contribution in [-0.2, 0) is 26.2 Å². The molecule has 1 N–H and O–H groups in total. The van der Waals surface area contributed by atoms with Crippen LogP contribution in [0.3, 0.4) is 0 Å². The second-order valence-corrected chi connectivity index (χ2v) is 11.0. The summed E-state index contributed by atoms with van der Waals surface area (Å²) in [5, 5.41) is 3.13. The van der Waals surface area contributed by atoms with Gasteiger partial charge in [0.15, 0.2) is 0 Å². The Labute approximate surface area is 229 Å². The molecule has 3 aromatic rings. The minimum atomic E-state index is -4.14. The molecule has 0 saturated carbocycles. The number of nitrogens with one attached hydrogen (secondary N) is 1. The molecule has 0 aliphatic carbocycles. The molecule has 0 spiro atoms. The minimum Gasteiger partial charge on any atom is -0.497 e. The van der Waals surface area contributed by atoms with E-state index in [1.807, 2.05) is 6.92 Å². The summed E-state index contributed by atoms with van der Waals surface area (Å²) in [4.78, 5) is 27.9. The van der Waals surface area contributed by atoms with Crippen LogP contribution in [0.25, 0.3) is 0 Å². The number of ether oxygens (including phenoxy) is 1. The van der Waals surface area contributed by atoms with E-state index in [4.69, 9.17) is 16.3 Å². The lowest BCUT2D eigenvalue weighted by molar-refractivity contribution is -0.139. The van der Waals surface area contributed by atoms with E-state index in [-0.39, 0.29) is 17.3 Å². The summed E-state index contributed by atoms with van der Waals surface area (Å²) in [7, 11) is -2.58. The van der Waals surface area contributed by atoms with Crippen LogP contribution < -0.4 is 14.4 Å². The number of benzene rings is 3. The van der Waals surface area contributed by atoms with Crippen molar-refractivity contribution in [3.05, 3.63) is 88.9 Å². The third-order valence-electron chi connectivity index (χ3n) is 6.03. The van der Waals surface area contributed by atoms with Crippen molar-refractivity contribution in [3.8, 4) is 5.75 Å². The first kappa shape index (κ1) is 29.0. The highest BCUT2D eigenvalue weighted by molar-refractivity contribution is 7.92. The Kier molecular flexibility index (Phi) is 9.77. The molecule has 3 aromatic carbocycles. The van der Waals surface area contributed by atoms with Crippen molar-refractivity contribution >= 4 is 39.1 Å². The van der Waals surface area contributed by atoms with Crippen LogP contribution in [0.15, 0.2) is 77.7 Å². The van der Waals surface area contributed by atoms with Gasteiger partial charge in [0.1, 0.15) is 18.3 Å². The standard InChI is InChI=1S/C28H32ClN3O5S/c1-5-30-28(34)21(3)31(18-22-8-14-25(37-4)15-9-22)27(33)19-32(24-12-6-20(2)7-13-24)38(35,36)26-16-10-23(29)11-17-26/h6-17,21H,5,18-19H2,1-4H3,(H,30,34)/t21-/m0/s1. The summed E-state index contributed by atoms with van der Waals surface area (Å²) >= 11 is 5.97. The summed E-state index contributed by atoms with van der Waals surface area (Å²) in [5.41, 5.74) is 2.03. The van der Waals surface area contributed by atoms with E-state index in [2.05, 4.69) is 5.32 Å². The third-order valence-corrected chi connectivity index (χ3v) is 8.07. The lowest BCUT2D eigenvalue weighted by atomic mass is 10.1. The number of sulfonamides is 1. The molecular formula is C28H32ClN3O5S. The van der Waals surface area contributed by atoms with Gasteiger partial charge in [0.25, 0.3) is 10.0 Å². The van der Waals surface area contributed by atoms with Crippen LogP contribution in [0.1, 0.15) is 25.0 Å². The van der Waals surface area contributed by atoms with Gasteiger partial charge in [0.05, 0.1) is 17.7 Å². The molecule has 0 bridgehead atoms. The highest BCUT2D eigenvalue weighted by Gasteiger charge is 2.32. The molecule has 0 fully saturated rings. The van der Waals surface area contributed by atoms with Crippen molar-refractivity contribution in [2.75, 3.05) is 24.5 Å². The first-order valence-electron chi connectivity index (χ1n) is 12.1. The van der Waals surface area contributed by atoms with Gasteiger partial charge in [-0.3, -0.25) is 13.9 Å². The monoisotopic (exact) mass is 557 g/mol. The second-order valence-electron chi connectivity index (χ2n) is 8.74. The topological polar surface area (TPSA) is 96.0 Å². The number of hydrogen-bond acceptors (Lipinski definition) is 5. The first-order chi connectivity index (χ1) is 18.1. The average molecular weight is 558 g/mol. The molecule has 0 saturated heterocycles. The summed E-state index contributed by atoms with van der Waals surface area (Å²) in [6.45, 7) is 5.29. The van der Waals surface area contributed by atoms with E-state index in [1.165, 1.54) is 29.2 Å². The zero-order valence-electron chi connectivity index (χ0n) is 21.8. The van der Waals surface area contributed by atoms with Crippen LogP contribution >= 0.6 is 11.6 Å². The number of rotatable bonds is 11. The summed E-state index contributed by atoms with van der Waals surface area (Å²) in [6.07, 6.45) is 0. The maximum Gasteiger partial charge on any atom is 0.264 e. The van der Waals surface area contributed by atoms with Crippen LogP contribution in [0.2, 0.25) is 5.02 Å². The number of likely N-dealkylation sites (N-methyl/N-ethyl adjacent to an activating group) is 1. The quantitative estimate of drug-likeness (QED) is 0.377. The SMILES string of the molecule is CCNC(=O)[C@H](C)N(Cc1ccc(OC)cc1)C(=O)CN(c1ccc(C)cc1)S(=O)(=O)c1ccc(Cl)cc1. The number of carbonyl (C=O) groups is 2. The lowest BCUT2D eigenvalue weighted by Gasteiger charge is -2.32. The van der Waals surface area contributed by atoms with Crippen LogP contribution in [0, 0.1) is 6.92 Å². The zero-order valence-corrected chi connectivity index (χ0v) is 23.4. The van der Waals surface area contributed by atoms with Crippen molar-refractivity contribution < 1.29 is 22.7 Å². The third kappa shape index (κ3) is 7.05.